The van der Waals surface area contributed by atoms with Gasteiger partial charge in [-0.1, -0.05) is 370 Å². The molecule has 0 aliphatic carbocycles. The van der Waals surface area contributed by atoms with Gasteiger partial charge in [0.05, 0.1) is 89.5 Å². The fourth-order valence-electron chi connectivity index (χ4n) is 19.7. The molecule has 0 bridgehead atoms. The Labute approximate surface area is 816 Å². The van der Waals surface area contributed by atoms with E-state index in [0.717, 1.165) is 243 Å². The molecular formula is C130H80N12. The van der Waals surface area contributed by atoms with E-state index >= 15 is 0 Å². The maximum Gasteiger partial charge on any atom is 0.164 e. The number of pyridine rings is 9. The second-order valence-electron chi connectivity index (χ2n) is 35.8. The third-order valence-corrected chi connectivity index (χ3v) is 27.0. The van der Waals surface area contributed by atoms with Crippen LogP contribution in [0.4, 0.5) is 0 Å². The van der Waals surface area contributed by atoms with E-state index in [1.807, 2.05) is 103 Å². The largest absolute Gasteiger partial charge is 0.256 e. The van der Waals surface area contributed by atoms with Crippen molar-refractivity contribution < 1.29 is 0 Å². The zero-order chi connectivity index (χ0) is 93.9. The summed E-state index contributed by atoms with van der Waals surface area (Å²) in [5, 5.41) is 19.3. The molecule has 12 heteroatoms. The van der Waals surface area contributed by atoms with Gasteiger partial charge in [0.1, 0.15) is 0 Å². The van der Waals surface area contributed by atoms with E-state index < -0.39 is 0 Å². The first kappa shape index (κ1) is 83.3. The lowest BCUT2D eigenvalue weighted by atomic mass is 9.97. The molecule has 0 spiro atoms. The second-order valence-corrected chi connectivity index (χ2v) is 35.8. The van der Waals surface area contributed by atoms with Gasteiger partial charge in [-0.2, -0.15) is 0 Å². The smallest absolute Gasteiger partial charge is 0.164 e. The summed E-state index contributed by atoms with van der Waals surface area (Å²) in [6.45, 7) is 0. The summed E-state index contributed by atoms with van der Waals surface area (Å²) >= 11 is 0. The molecule has 28 rings (SSSR count). The van der Waals surface area contributed by atoms with Crippen LogP contribution >= 0.6 is 0 Å². The molecule has 18 aromatic carbocycles. The quantitative estimate of drug-likeness (QED) is 0.107. The van der Waals surface area contributed by atoms with Crippen LogP contribution in [0.2, 0.25) is 0 Å². The van der Waals surface area contributed by atoms with Crippen molar-refractivity contribution in [2.75, 3.05) is 0 Å². The standard InChI is InChI=1S/C52H32N6.C41H25N3.C37H23N3/c1-3-10-38(11-4-1)50-56-51(39-12-5-2-6-13-39)58-52(57-50)40-21-16-34(17-22-40)44-28-25-35-18-23-41(31-47(35)53-44)42-24-19-36-26-29-45(54-48(36)32-42)46-30-27-37-20-15-33-9-7-8-14-43(33)49(37)55-46;1-2-10-32-26(7-1)8-5-13-34(32)37-20-18-27-14-16-29(24-39(27)43-37)30-17-15-28-19-21-38(44-40(28)25-30)36-23-31-9-6-22-42-41(31)35-12-4-3-11-33(35)36;1-2-7-24(8-3-1)33-18-16-25-12-14-27(22-35(25)39-33)28-15-13-26-17-19-34(40-36(26)23-28)32-21-29-9-6-20-38-37(29)31-11-5-4-10-30(31)32/h1-32H;1-25H;1-23H. The monoisotopic (exact) mass is 1810 g/mol. The van der Waals surface area contributed by atoms with Gasteiger partial charge in [-0.05, 0) is 163 Å². The van der Waals surface area contributed by atoms with E-state index in [1.54, 1.807) is 0 Å². The molecule has 0 N–H and O–H groups in total. The highest BCUT2D eigenvalue weighted by atomic mass is 15.0. The van der Waals surface area contributed by atoms with E-state index in [2.05, 4.69) is 392 Å². The van der Waals surface area contributed by atoms with Crippen molar-refractivity contribution >= 4 is 141 Å². The van der Waals surface area contributed by atoms with Crippen LogP contribution < -0.4 is 0 Å². The van der Waals surface area contributed by atoms with Gasteiger partial charge in [0, 0.05) is 122 Å². The summed E-state index contributed by atoms with van der Waals surface area (Å²) in [5.74, 6) is 1.90. The maximum absolute atomic E-state index is 5.20. The minimum absolute atomic E-state index is 0.620. The van der Waals surface area contributed by atoms with Gasteiger partial charge in [0.2, 0.25) is 0 Å². The second kappa shape index (κ2) is 35.7. The molecule has 0 fully saturated rings. The number of hydrogen-bond acceptors (Lipinski definition) is 12. The fraction of sp³-hybridized carbons (Fsp3) is 0. The molecule has 0 saturated carbocycles. The topological polar surface area (TPSA) is 155 Å². The summed E-state index contributed by atoms with van der Waals surface area (Å²) in [7, 11) is 0. The number of hydrogen-bond donors (Lipinski definition) is 0. The average Bonchev–Trinajstić information content (AvgIpc) is 0.756. The number of nitrogens with zero attached hydrogens (tertiary/aromatic N) is 12. The van der Waals surface area contributed by atoms with Crippen LogP contribution in [0.25, 0.3) is 276 Å². The summed E-state index contributed by atoms with van der Waals surface area (Å²) < 4.78 is 0. The molecule has 0 saturated heterocycles. The molecule has 12 nitrogen and oxygen atoms in total. The molecule has 0 unspecified atom stereocenters. The van der Waals surface area contributed by atoms with Gasteiger partial charge < -0.3 is 0 Å². The third kappa shape index (κ3) is 16.0. The number of rotatable bonds is 12. The van der Waals surface area contributed by atoms with E-state index in [0.29, 0.717) is 17.5 Å². The zero-order valence-corrected chi connectivity index (χ0v) is 76.6. The summed E-state index contributed by atoms with van der Waals surface area (Å²) in [5.41, 5.74) is 30.2. The van der Waals surface area contributed by atoms with Gasteiger partial charge in [0.25, 0.3) is 0 Å². The number of aromatic nitrogens is 12. The van der Waals surface area contributed by atoms with Gasteiger partial charge in [-0.3, -0.25) is 9.97 Å². The zero-order valence-electron chi connectivity index (χ0n) is 76.6. The Morgan fingerprint density at radius 3 is 0.817 bits per heavy atom. The molecule has 0 aliphatic heterocycles. The highest BCUT2D eigenvalue weighted by molar-refractivity contribution is 6.14. The summed E-state index contributed by atoms with van der Waals surface area (Å²) in [6.07, 6.45) is 3.71. The van der Waals surface area contributed by atoms with Crippen molar-refractivity contribution in [1.82, 2.24) is 59.8 Å². The van der Waals surface area contributed by atoms with Crippen molar-refractivity contribution in [3.05, 3.63) is 486 Å². The van der Waals surface area contributed by atoms with Gasteiger partial charge in [-0.25, -0.2) is 49.8 Å². The van der Waals surface area contributed by atoms with Crippen LogP contribution in [0.15, 0.2) is 486 Å². The van der Waals surface area contributed by atoms with E-state index in [9.17, 15) is 0 Å². The van der Waals surface area contributed by atoms with Crippen molar-refractivity contribution in [1.29, 1.82) is 0 Å². The molecule has 0 amide bonds. The molecule has 28 aromatic rings. The molecular weight excluding hydrogens is 1730 g/mol. The minimum Gasteiger partial charge on any atom is -0.256 e. The molecule has 10 heterocycles. The van der Waals surface area contributed by atoms with Crippen molar-refractivity contribution in [2.24, 2.45) is 0 Å². The average molecular weight is 1810 g/mol. The third-order valence-electron chi connectivity index (χ3n) is 27.0. The molecule has 0 radical (unpaired) electrons. The molecule has 660 valence electrons. The van der Waals surface area contributed by atoms with E-state index in [4.69, 9.17) is 49.8 Å². The van der Waals surface area contributed by atoms with Crippen LogP contribution in [-0.2, 0) is 0 Å². The lowest BCUT2D eigenvalue weighted by Crippen LogP contribution is -2.00. The Balaban J connectivity index is 0.000000111. The van der Waals surface area contributed by atoms with Crippen molar-refractivity contribution in [2.45, 2.75) is 0 Å². The van der Waals surface area contributed by atoms with E-state index in [1.165, 1.54) is 16.2 Å². The molecule has 0 aliphatic rings. The Kier molecular flexibility index (Phi) is 21.0. The predicted molar refractivity (Wildman–Crippen MR) is 586 cm³/mol. The number of fused-ring (bicyclic) bond motifs is 16. The Hall–Kier alpha value is -19.3. The summed E-state index contributed by atoms with van der Waals surface area (Å²) in [6, 6.07) is 164. The Bertz CT molecular complexity index is 9830. The van der Waals surface area contributed by atoms with Crippen molar-refractivity contribution in [3.63, 3.8) is 0 Å². The van der Waals surface area contributed by atoms with Crippen LogP contribution in [0.3, 0.4) is 0 Å². The maximum atomic E-state index is 5.20. The Morgan fingerprint density at radius 2 is 0.387 bits per heavy atom. The molecule has 10 aromatic heterocycles. The van der Waals surface area contributed by atoms with Crippen LogP contribution in [-0.4, -0.2) is 59.8 Å². The summed E-state index contributed by atoms with van der Waals surface area (Å²) in [4.78, 5) is 59.8. The first-order chi connectivity index (χ1) is 70.3. The van der Waals surface area contributed by atoms with Gasteiger partial charge >= 0.3 is 0 Å². The van der Waals surface area contributed by atoms with Crippen LogP contribution in [0.5, 0.6) is 0 Å². The number of benzene rings is 18. The SMILES string of the molecule is c1ccc(-c2ccc3ccc(-c4ccc5ccc(-c6cc7cccnc7c7ccccc67)nc5c4)cc3n2)cc1.c1ccc(-c2nc(-c3ccccc3)nc(-c3ccc(-c4ccc5ccc(-c6ccc7ccc(-c8ccc9ccc%10ccccc%10c9n8)nc7c6)cc5n4)cc3)n2)cc1.c1ccc2c(-c3ccc4ccc(-c5ccc6ccc(-c7cc8cccnc8c8ccccc78)nc6c5)cc4n3)cccc2c1. The highest BCUT2D eigenvalue weighted by Crippen LogP contribution is 2.42. The first-order valence-electron chi connectivity index (χ1n) is 47.6. The molecule has 142 heavy (non-hydrogen) atoms. The fourth-order valence-corrected chi connectivity index (χ4v) is 19.7. The van der Waals surface area contributed by atoms with Crippen molar-refractivity contribution in [3.8, 4) is 135 Å². The van der Waals surface area contributed by atoms with Gasteiger partial charge in [0.15, 0.2) is 17.5 Å². The molecule has 0 atom stereocenters. The van der Waals surface area contributed by atoms with Crippen LogP contribution in [0, 0.1) is 0 Å². The lowest BCUT2D eigenvalue weighted by Gasteiger charge is -2.11. The Morgan fingerprint density at radius 1 is 0.120 bits per heavy atom. The van der Waals surface area contributed by atoms with Gasteiger partial charge in [-0.15, -0.1) is 0 Å². The highest BCUT2D eigenvalue weighted by Gasteiger charge is 2.20. The van der Waals surface area contributed by atoms with Crippen LogP contribution in [0.1, 0.15) is 0 Å². The lowest BCUT2D eigenvalue weighted by molar-refractivity contribution is 1.07. The predicted octanol–water partition coefficient (Wildman–Crippen LogP) is 32.8. The van der Waals surface area contributed by atoms with E-state index in [-0.39, 0.29) is 0 Å². The first-order valence-corrected chi connectivity index (χ1v) is 47.6. The normalized spacial score (nSPS) is 11.5. The minimum atomic E-state index is 0.620.